The molecule has 4 heterocycles. The summed E-state index contributed by atoms with van der Waals surface area (Å²) in [7, 11) is 0. The molecule has 0 bridgehead atoms. The first-order valence-electron chi connectivity index (χ1n) is 11.4. The van der Waals surface area contributed by atoms with Crippen LogP contribution in [0.5, 0.6) is 0 Å². The fourth-order valence-corrected chi connectivity index (χ4v) is 6.35. The zero-order valence-corrected chi connectivity index (χ0v) is 20.0. The van der Waals surface area contributed by atoms with Crippen molar-refractivity contribution >= 4 is 26.6 Å². The molecule has 4 aromatic rings. The molecule has 0 amide bonds. The predicted octanol–water partition coefficient (Wildman–Crippen LogP) is 3.47. The zero-order chi connectivity index (χ0) is 23.1. The van der Waals surface area contributed by atoms with Crippen LogP contribution in [0.25, 0.3) is 21.5 Å². The van der Waals surface area contributed by atoms with Gasteiger partial charge in [-0.25, -0.2) is 4.79 Å². The van der Waals surface area contributed by atoms with Crippen LogP contribution >= 0.6 is 11.3 Å². The van der Waals surface area contributed by atoms with Gasteiger partial charge in [0.2, 0.25) is 0 Å². The van der Waals surface area contributed by atoms with E-state index in [2.05, 4.69) is 70.2 Å². The molecule has 1 aliphatic rings. The minimum absolute atomic E-state index is 0.156. The molecule has 7 nitrogen and oxygen atoms in total. The molecule has 0 radical (unpaired) electrons. The Balaban J connectivity index is 1.51. The average molecular weight is 464 g/mol. The Morgan fingerprint density at radius 2 is 1.82 bits per heavy atom. The van der Waals surface area contributed by atoms with E-state index in [4.69, 9.17) is 0 Å². The number of aromatic amines is 3. The Labute approximate surface area is 195 Å². The third kappa shape index (κ3) is 4.28. The molecule has 1 fully saturated rings. The number of rotatable bonds is 5. The highest BCUT2D eigenvalue weighted by Crippen LogP contribution is 2.41. The molecule has 0 saturated carbocycles. The van der Waals surface area contributed by atoms with Crippen molar-refractivity contribution in [2.75, 3.05) is 24.5 Å². The molecule has 3 aromatic heterocycles. The molecular formula is C25H29N5O2S. The first-order chi connectivity index (χ1) is 15.9. The van der Waals surface area contributed by atoms with Crippen LogP contribution in [0.3, 0.4) is 0 Å². The quantitative estimate of drug-likeness (QED) is 0.364. The van der Waals surface area contributed by atoms with Gasteiger partial charge in [-0.2, -0.15) is 0 Å². The summed E-state index contributed by atoms with van der Waals surface area (Å²) in [6, 6.07) is 10.6. The van der Waals surface area contributed by atoms with Crippen molar-refractivity contribution in [2.24, 2.45) is 0 Å². The number of fused-ring (bicyclic) bond motifs is 1. The fraction of sp³-hybridized carbons (Fsp3) is 0.360. The molecule has 4 N–H and O–H groups in total. The molecule has 172 valence electrons. The summed E-state index contributed by atoms with van der Waals surface area (Å²) in [5, 5.41) is 6.03. The number of piperazine rings is 1. The highest BCUT2D eigenvalue weighted by molar-refractivity contribution is 7.22. The number of hydrogen-bond acceptors (Lipinski definition) is 5. The van der Waals surface area contributed by atoms with Gasteiger partial charge in [0.15, 0.2) is 0 Å². The topological polar surface area (TPSA) is 96.8 Å². The number of nitrogens with zero attached hydrogens (tertiary/aromatic N) is 1. The van der Waals surface area contributed by atoms with Crippen molar-refractivity contribution in [1.29, 1.82) is 0 Å². The largest absolute Gasteiger partial charge is 0.357 e. The van der Waals surface area contributed by atoms with Crippen LogP contribution in [-0.2, 0) is 12.8 Å². The van der Waals surface area contributed by atoms with Crippen molar-refractivity contribution in [3.63, 3.8) is 0 Å². The molecule has 5 rings (SSSR count). The number of benzene rings is 1. The number of hydrogen-bond donors (Lipinski definition) is 4. The van der Waals surface area contributed by atoms with Crippen LogP contribution in [0.15, 0.2) is 39.9 Å². The Hall–Kier alpha value is -3.10. The minimum atomic E-state index is -0.453. The summed E-state index contributed by atoms with van der Waals surface area (Å²) in [6.07, 6.45) is 1.55. The molecule has 33 heavy (non-hydrogen) atoms. The second-order valence-corrected chi connectivity index (χ2v) is 9.91. The first-order valence-corrected chi connectivity index (χ1v) is 12.3. The summed E-state index contributed by atoms with van der Waals surface area (Å²) in [4.78, 5) is 35.8. The van der Waals surface area contributed by atoms with Gasteiger partial charge in [-0.3, -0.25) is 9.78 Å². The van der Waals surface area contributed by atoms with E-state index in [0.29, 0.717) is 12.1 Å². The van der Waals surface area contributed by atoms with E-state index in [1.807, 2.05) is 0 Å². The van der Waals surface area contributed by atoms with Gasteiger partial charge in [-0.1, -0.05) is 35.5 Å². The minimum Gasteiger partial charge on any atom is -0.357 e. The van der Waals surface area contributed by atoms with Gasteiger partial charge in [-0.05, 0) is 49.6 Å². The van der Waals surface area contributed by atoms with Gasteiger partial charge in [0.25, 0.3) is 5.56 Å². The van der Waals surface area contributed by atoms with Gasteiger partial charge in [0, 0.05) is 54.9 Å². The van der Waals surface area contributed by atoms with E-state index < -0.39 is 5.69 Å². The van der Waals surface area contributed by atoms with Crippen LogP contribution in [0.1, 0.15) is 29.3 Å². The summed E-state index contributed by atoms with van der Waals surface area (Å²) < 4.78 is 0. The lowest BCUT2D eigenvalue weighted by molar-refractivity contribution is 0.471. The molecule has 1 aliphatic heterocycles. The van der Waals surface area contributed by atoms with E-state index in [1.165, 1.54) is 43.5 Å². The number of H-pyrrole nitrogens is 3. The number of nitrogens with one attached hydrogen (secondary N) is 4. The monoisotopic (exact) mass is 463 g/mol. The molecule has 1 unspecified atom stereocenters. The van der Waals surface area contributed by atoms with Gasteiger partial charge in [0.05, 0.1) is 5.00 Å². The lowest BCUT2D eigenvalue weighted by Crippen LogP contribution is -2.52. The Morgan fingerprint density at radius 1 is 1.03 bits per heavy atom. The third-order valence-corrected chi connectivity index (χ3v) is 7.53. The van der Waals surface area contributed by atoms with Crippen molar-refractivity contribution in [3.05, 3.63) is 73.6 Å². The van der Waals surface area contributed by atoms with Crippen LogP contribution < -0.4 is 21.5 Å². The molecule has 8 heteroatoms. The number of anilines is 1. The smallest absolute Gasteiger partial charge is 0.325 e. The molecule has 0 aliphatic carbocycles. The predicted molar refractivity (Wildman–Crippen MR) is 136 cm³/mol. The van der Waals surface area contributed by atoms with Crippen molar-refractivity contribution in [2.45, 2.75) is 39.7 Å². The number of aryl methyl sites for hydroxylation is 3. The Bertz CT molecular complexity index is 1380. The SMILES string of the molecule is CCc1c(N2CCNCC2Cc2cc(=O)[nH]c(=O)[nH]2)sc2[nH]c(-c3cc(C)cc(C)c3)cc12. The summed E-state index contributed by atoms with van der Waals surface area (Å²) in [6.45, 7) is 9.08. The molecule has 1 atom stereocenters. The first kappa shape index (κ1) is 21.7. The maximum atomic E-state index is 11.8. The number of thiophene rings is 1. The van der Waals surface area contributed by atoms with E-state index >= 15 is 0 Å². The lowest BCUT2D eigenvalue weighted by Gasteiger charge is -2.37. The third-order valence-electron chi connectivity index (χ3n) is 6.33. The molecule has 0 spiro atoms. The molecule has 1 aromatic carbocycles. The van der Waals surface area contributed by atoms with Crippen LogP contribution in [0.4, 0.5) is 5.00 Å². The zero-order valence-electron chi connectivity index (χ0n) is 19.2. The van der Waals surface area contributed by atoms with E-state index in [9.17, 15) is 9.59 Å². The molecule has 1 saturated heterocycles. The highest BCUT2D eigenvalue weighted by Gasteiger charge is 2.28. The van der Waals surface area contributed by atoms with E-state index in [1.54, 1.807) is 11.3 Å². The normalized spacial score (nSPS) is 16.6. The van der Waals surface area contributed by atoms with Gasteiger partial charge < -0.3 is 20.2 Å². The average Bonchev–Trinajstić information content (AvgIpc) is 3.30. The Morgan fingerprint density at radius 3 is 2.55 bits per heavy atom. The van der Waals surface area contributed by atoms with Gasteiger partial charge in [0.1, 0.15) is 4.83 Å². The van der Waals surface area contributed by atoms with E-state index in [0.717, 1.165) is 31.7 Å². The maximum Gasteiger partial charge on any atom is 0.325 e. The van der Waals surface area contributed by atoms with Crippen LogP contribution in [-0.4, -0.2) is 40.6 Å². The van der Waals surface area contributed by atoms with Crippen molar-refractivity contribution in [3.8, 4) is 11.3 Å². The summed E-state index contributed by atoms with van der Waals surface area (Å²) in [5.41, 5.74) is 6.11. The fourth-order valence-electron chi connectivity index (χ4n) is 4.97. The second-order valence-electron chi connectivity index (χ2n) is 8.91. The van der Waals surface area contributed by atoms with E-state index in [-0.39, 0.29) is 11.6 Å². The number of aromatic nitrogens is 3. The van der Waals surface area contributed by atoms with Crippen LogP contribution in [0.2, 0.25) is 0 Å². The summed E-state index contributed by atoms with van der Waals surface area (Å²) in [5.74, 6) is 0. The van der Waals surface area contributed by atoms with Crippen LogP contribution in [0, 0.1) is 13.8 Å². The summed E-state index contributed by atoms with van der Waals surface area (Å²) >= 11 is 1.80. The lowest BCUT2D eigenvalue weighted by atomic mass is 10.0. The molecular weight excluding hydrogens is 434 g/mol. The highest BCUT2D eigenvalue weighted by atomic mass is 32.1. The van der Waals surface area contributed by atoms with Gasteiger partial charge in [-0.15, -0.1) is 0 Å². The maximum absolute atomic E-state index is 11.8. The standard InChI is InChI=1S/C25H29N5O2S/c1-4-19-20-12-21(16-8-14(2)7-15(3)9-16)28-23(20)33-24(19)30-6-5-26-13-18(30)10-17-11-22(31)29-25(32)27-17/h7-9,11-12,18,26,28H,4-6,10,13H2,1-3H3,(H2,27,29,31,32). The second kappa shape index (κ2) is 8.68. The van der Waals surface area contributed by atoms with Gasteiger partial charge >= 0.3 is 5.69 Å². The van der Waals surface area contributed by atoms with Crippen molar-refractivity contribution < 1.29 is 0 Å². The Kier molecular flexibility index (Phi) is 5.72. The van der Waals surface area contributed by atoms with Crippen molar-refractivity contribution in [1.82, 2.24) is 20.3 Å².